The molecule has 0 aliphatic carbocycles. The fourth-order valence-corrected chi connectivity index (χ4v) is 8.33. The fraction of sp³-hybridized carbons (Fsp3) is 0.357. The summed E-state index contributed by atoms with van der Waals surface area (Å²) in [4.78, 5) is 57.3. The molecule has 1 aromatic heterocycles. The van der Waals surface area contributed by atoms with Gasteiger partial charge in [0.1, 0.15) is 17.6 Å². The average Bonchev–Trinajstić information content (AvgIpc) is 3.43. The van der Waals surface area contributed by atoms with E-state index in [9.17, 15) is 23.6 Å². The number of ether oxygens (including phenoxy) is 3. The minimum atomic E-state index is -0.864. The first-order valence-corrected chi connectivity index (χ1v) is 14.6. The molecule has 0 saturated carbocycles. The van der Waals surface area contributed by atoms with Crippen LogP contribution in [-0.4, -0.2) is 73.0 Å². The number of rotatable bonds is 6. The van der Waals surface area contributed by atoms with Crippen LogP contribution in [0.2, 0.25) is 0 Å². The number of morpholine rings is 1. The number of nitrogens with zero attached hydrogens (tertiary/aromatic N) is 3. The van der Waals surface area contributed by atoms with Gasteiger partial charge in [0.15, 0.2) is 11.5 Å². The normalized spacial score (nSPS) is 22.0. The Morgan fingerprint density at radius 1 is 1.00 bits per heavy atom. The monoisotopic (exact) mass is 599 g/mol. The quantitative estimate of drug-likeness (QED) is 0.399. The van der Waals surface area contributed by atoms with Crippen molar-refractivity contribution in [3.8, 4) is 11.5 Å². The number of hydrogen-bond donors (Lipinski definition) is 0. The molecule has 4 heterocycles. The summed E-state index contributed by atoms with van der Waals surface area (Å²) in [5.41, 5.74) is 0.930. The molecule has 3 atom stereocenters. The molecule has 0 radical (unpaired) electrons. The molecule has 3 aliphatic rings. The van der Waals surface area contributed by atoms with Crippen molar-refractivity contribution in [2.24, 2.45) is 5.92 Å². The first-order valence-electron chi connectivity index (χ1n) is 12.9. The summed E-state index contributed by atoms with van der Waals surface area (Å²) in [5, 5.41) is -0.373. The smallest absolute Gasteiger partial charge is 0.308 e. The highest BCUT2D eigenvalue weighted by atomic mass is 32.2. The Kier molecular flexibility index (Phi) is 7.34. The highest BCUT2D eigenvalue weighted by Crippen LogP contribution is 2.54. The average molecular weight is 600 g/mol. The number of fused-ring (bicyclic) bond motifs is 2. The van der Waals surface area contributed by atoms with Crippen LogP contribution in [0.5, 0.6) is 11.5 Å². The van der Waals surface area contributed by atoms with Gasteiger partial charge in [-0.15, -0.1) is 0 Å². The van der Waals surface area contributed by atoms with E-state index >= 15 is 0 Å². The molecular weight excluding hydrogens is 573 g/mol. The SMILES string of the molecule is COc1ccc(C2c3sc(=O)n(CC(=O)N4CCOCC4)c3SC3C(=O)N(c4ccc(F)cc4)C(=O)C32)cc1OC. The van der Waals surface area contributed by atoms with Crippen molar-refractivity contribution in [2.45, 2.75) is 22.7 Å². The van der Waals surface area contributed by atoms with Crippen LogP contribution < -0.4 is 19.2 Å². The maximum Gasteiger partial charge on any atom is 0.308 e. The van der Waals surface area contributed by atoms with Crippen LogP contribution in [0.4, 0.5) is 10.1 Å². The van der Waals surface area contributed by atoms with E-state index in [1.165, 1.54) is 43.1 Å². The number of thiazole rings is 1. The molecule has 3 aromatic rings. The second kappa shape index (κ2) is 11.0. The molecule has 0 bridgehead atoms. The highest BCUT2D eigenvalue weighted by molar-refractivity contribution is 8.00. The topological polar surface area (TPSA) is 107 Å². The molecule has 13 heteroatoms. The van der Waals surface area contributed by atoms with Gasteiger partial charge in [0.25, 0.3) is 0 Å². The molecule has 214 valence electrons. The fourth-order valence-electron chi connectivity index (χ4n) is 5.55. The number of halogens is 1. The Hall–Kier alpha value is -3.68. The van der Waals surface area contributed by atoms with Crippen molar-refractivity contribution in [2.75, 3.05) is 45.4 Å². The van der Waals surface area contributed by atoms with Gasteiger partial charge in [-0.25, -0.2) is 9.29 Å². The van der Waals surface area contributed by atoms with Crippen LogP contribution in [0, 0.1) is 11.7 Å². The zero-order valence-electron chi connectivity index (χ0n) is 22.2. The second-order valence-corrected chi connectivity index (χ2v) is 11.9. The summed E-state index contributed by atoms with van der Waals surface area (Å²) in [6.45, 7) is 1.55. The third-order valence-electron chi connectivity index (χ3n) is 7.56. The first-order chi connectivity index (χ1) is 19.8. The predicted molar refractivity (Wildman–Crippen MR) is 149 cm³/mol. The standard InChI is InChI=1S/C28H26FN3O7S2/c1-37-18-8-3-15(13-19(18)38-2)21-22-23(26(35)32(25(22)34)17-6-4-16(29)5-7-17)40-27-24(21)41-28(36)31(27)14-20(33)30-9-11-39-12-10-30/h3-8,13,21-23H,9-12,14H2,1-2H3. The Morgan fingerprint density at radius 3 is 2.39 bits per heavy atom. The van der Waals surface area contributed by atoms with Crippen LogP contribution in [0.3, 0.4) is 0 Å². The minimum absolute atomic E-state index is 0.183. The van der Waals surface area contributed by atoms with Crippen molar-refractivity contribution >= 4 is 46.5 Å². The molecule has 0 spiro atoms. The Bertz CT molecular complexity index is 1580. The Morgan fingerprint density at radius 2 is 1.71 bits per heavy atom. The van der Waals surface area contributed by atoms with Crippen LogP contribution >= 0.6 is 23.1 Å². The lowest BCUT2D eigenvalue weighted by molar-refractivity contribution is -0.136. The number of imide groups is 1. The highest BCUT2D eigenvalue weighted by Gasteiger charge is 2.57. The molecule has 10 nitrogen and oxygen atoms in total. The van der Waals surface area contributed by atoms with Crippen LogP contribution in [0.1, 0.15) is 16.4 Å². The molecule has 0 N–H and O–H groups in total. The largest absolute Gasteiger partial charge is 0.493 e. The van der Waals surface area contributed by atoms with E-state index in [2.05, 4.69) is 0 Å². The van der Waals surface area contributed by atoms with Crippen LogP contribution in [0.25, 0.3) is 0 Å². The predicted octanol–water partition coefficient (Wildman–Crippen LogP) is 2.72. The molecule has 2 fully saturated rings. The van der Waals surface area contributed by atoms with E-state index in [0.29, 0.717) is 53.3 Å². The van der Waals surface area contributed by atoms with Gasteiger partial charge in [-0.1, -0.05) is 29.2 Å². The lowest BCUT2D eigenvalue weighted by Crippen LogP contribution is -2.43. The van der Waals surface area contributed by atoms with Gasteiger partial charge in [-0.3, -0.25) is 23.7 Å². The first kappa shape index (κ1) is 27.5. The van der Waals surface area contributed by atoms with Gasteiger partial charge in [0.2, 0.25) is 17.7 Å². The van der Waals surface area contributed by atoms with Crippen molar-refractivity contribution in [1.82, 2.24) is 9.47 Å². The number of benzene rings is 2. The zero-order valence-corrected chi connectivity index (χ0v) is 23.8. The maximum atomic E-state index is 14.0. The summed E-state index contributed by atoms with van der Waals surface area (Å²) in [5.74, 6) is -2.20. The van der Waals surface area contributed by atoms with E-state index in [4.69, 9.17) is 14.2 Å². The van der Waals surface area contributed by atoms with Gasteiger partial charge >= 0.3 is 4.87 Å². The van der Waals surface area contributed by atoms with Crippen molar-refractivity contribution < 1.29 is 33.0 Å². The number of anilines is 1. The van der Waals surface area contributed by atoms with Gasteiger partial charge < -0.3 is 19.1 Å². The number of carbonyl (C=O) groups excluding carboxylic acids is 3. The van der Waals surface area contributed by atoms with Gasteiger partial charge in [0.05, 0.1) is 44.1 Å². The van der Waals surface area contributed by atoms with E-state index in [-0.39, 0.29) is 23.0 Å². The van der Waals surface area contributed by atoms with Gasteiger partial charge in [-0.05, 0) is 42.0 Å². The maximum absolute atomic E-state index is 14.0. The van der Waals surface area contributed by atoms with Crippen molar-refractivity contribution in [1.29, 1.82) is 0 Å². The number of carbonyl (C=O) groups is 3. The van der Waals surface area contributed by atoms with Gasteiger partial charge in [-0.2, -0.15) is 0 Å². The number of aromatic nitrogens is 1. The molecule has 3 unspecified atom stereocenters. The molecular formula is C28H26FN3O7S2. The molecule has 2 saturated heterocycles. The molecule has 3 amide bonds. The number of hydrogen-bond acceptors (Lipinski definition) is 9. The molecule has 6 rings (SSSR count). The summed E-state index contributed by atoms with van der Waals surface area (Å²) in [6.07, 6.45) is 0. The lowest BCUT2D eigenvalue weighted by Gasteiger charge is -2.31. The number of amides is 3. The van der Waals surface area contributed by atoms with Crippen molar-refractivity contribution in [3.05, 3.63) is 68.4 Å². The minimum Gasteiger partial charge on any atom is -0.493 e. The lowest BCUT2D eigenvalue weighted by atomic mass is 9.83. The molecule has 2 aromatic carbocycles. The molecule has 41 heavy (non-hydrogen) atoms. The van der Waals surface area contributed by atoms with Gasteiger partial charge in [0, 0.05) is 23.9 Å². The summed E-state index contributed by atoms with van der Waals surface area (Å²) in [7, 11) is 3.01. The third-order valence-corrected chi connectivity index (χ3v) is 10.2. The summed E-state index contributed by atoms with van der Waals surface area (Å²) >= 11 is 2.10. The van der Waals surface area contributed by atoms with E-state index in [1.807, 2.05) is 0 Å². The van der Waals surface area contributed by atoms with E-state index in [1.54, 1.807) is 23.1 Å². The Labute approximate surface area is 242 Å². The zero-order chi connectivity index (χ0) is 28.8. The van der Waals surface area contributed by atoms with Crippen LogP contribution in [0.15, 0.2) is 52.3 Å². The number of methoxy groups -OCH3 is 2. The van der Waals surface area contributed by atoms with Crippen molar-refractivity contribution in [3.63, 3.8) is 0 Å². The third kappa shape index (κ3) is 4.71. The number of thioether (sulfide) groups is 1. The van der Waals surface area contributed by atoms with Crippen LogP contribution in [-0.2, 0) is 25.7 Å². The second-order valence-electron chi connectivity index (χ2n) is 9.76. The van der Waals surface area contributed by atoms with E-state index in [0.717, 1.165) is 28.0 Å². The Balaban J connectivity index is 1.46. The summed E-state index contributed by atoms with van der Waals surface area (Å²) in [6, 6.07) is 10.4. The van der Waals surface area contributed by atoms with E-state index < -0.39 is 34.7 Å². The summed E-state index contributed by atoms with van der Waals surface area (Å²) < 4.78 is 31.3. The molecule has 3 aliphatic heterocycles.